The minimum Gasteiger partial charge on any atom is -0.372 e. The highest BCUT2D eigenvalue weighted by atomic mass is 127. The number of halogens is 1. The summed E-state index contributed by atoms with van der Waals surface area (Å²) in [6.45, 7) is 11.4. The van der Waals surface area contributed by atoms with Crippen molar-refractivity contribution in [2.45, 2.75) is 47.1 Å². The molecule has 0 saturated carbocycles. The van der Waals surface area contributed by atoms with Crippen molar-refractivity contribution in [3.05, 3.63) is 15.1 Å². The maximum Gasteiger partial charge on any atom is 0.160 e. The van der Waals surface area contributed by atoms with E-state index < -0.39 is 0 Å². The molecule has 0 bridgehead atoms. The van der Waals surface area contributed by atoms with Crippen LogP contribution in [0.5, 0.6) is 0 Å². The second-order valence-corrected chi connectivity index (χ2v) is 6.74. The predicted molar refractivity (Wildman–Crippen MR) is 92.0 cm³/mol. The van der Waals surface area contributed by atoms with Gasteiger partial charge in [0.05, 0.1) is 9.26 Å². The van der Waals surface area contributed by atoms with E-state index in [1.807, 2.05) is 14.0 Å². The summed E-state index contributed by atoms with van der Waals surface area (Å²) in [5.41, 5.74) is 1.11. The van der Waals surface area contributed by atoms with Gasteiger partial charge < -0.3 is 10.1 Å². The third-order valence-electron chi connectivity index (χ3n) is 2.98. The Morgan fingerprint density at radius 3 is 2.30 bits per heavy atom. The molecule has 20 heavy (non-hydrogen) atoms. The summed E-state index contributed by atoms with van der Waals surface area (Å²) in [5, 5.41) is 3.17. The van der Waals surface area contributed by atoms with Gasteiger partial charge in [-0.15, -0.1) is 0 Å². The first-order valence-electron chi connectivity index (χ1n) is 7.26. The van der Waals surface area contributed by atoms with Crippen LogP contribution in [0, 0.1) is 15.4 Å². The van der Waals surface area contributed by atoms with Gasteiger partial charge in [-0.1, -0.05) is 27.7 Å². The first kappa shape index (κ1) is 17.6. The number of anilines is 1. The Kier molecular flexibility index (Phi) is 7.15. The van der Waals surface area contributed by atoms with Crippen LogP contribution in [0.2, 0.25) is 0 Å². The quantitative estimate of drug-likeness (QED) is 0.713. The molecule has 1 atom stereocenters. The molecule has 1 aromatic rings. The van der Waals surface area contributed by atoms with Crippen molar-refractivity contribution < 1.29 is 4.74 Å². The van der Waals surface area contributed by atoms with E-state index in [2.05, 4.69) is 60.6 Å². The van der Waals surface area contributed by atoms with Gasteiger partial charge in [-0.3, -0.25) is 0 Å². The average Bonchev–Trinajstić information content (AvgIpc) is 2.37. The van der Waals surface area contributed by atoms with E-state index in [-0.39, 0.29) is 6.10 Å². The van der Waals surface area contributed by atoms with E-state index in [1.54, 1.807) is 0 Å². The Bertz CT molecular complexity index is 435. The Labute approximate surface area is 136 Å². The van der Waals surface area contributed by atoms with Crippen LogP contribution in [0.15, 0.2) is 0 Å². The molecule has 1 aromatic heterocycles. The molecule has 0 spiro atoms. The van der Waals surface area contributed by atoms with Gasteiger partial charge in [0.2, 0.25) is 0 Å². The average molecular weight is 391 g/mol. The fourth-order valence-corrected chi connectivity index (χ4v) is 2.80. The number of hydrogen-bond acceptors (Lipinski definition) is 4. The molecular formula is C15H26IN3O. The van der Waals surface area contributed by atoms with Crippen LogP contribution >= 0.6 is 22.6 Å². The Hall–Kier alpha value is -0.430. The summed E-state index contributed by atoms with van der Waals surface area (Å²) in [5.74, 6) is 2.62. The summed E-state index contributed by atoms with van der Waals surface area (Å²) in [6, 6.07) is 0. The van der Waals surface area contributed by atoms with E-state index in [0.717, 1.165) is 27.3 Å². The van der Waals surface area contributed by atoms with Gasteiger partial charge in [-0.05, 0) is 47.8 Å². The molecule has 4 nitrogen and oxygen atoms in total. The lowest BCUT2D eigenvalue weighted by atomic mass is 10.1. The minimum absolute atomic E-state index is 0.0463. The van der Waals surface area contributed by atoms with Crippen LogP contribution in [0.25, 0.3) is 0 Å². The first-order valence-corrected chi connectivity index (χ1v) is 8.34. The number of rotatable bonds is 7. The maximum absolute atomic E-state index is 5.83. The topological polar surface area (TPSA) is 47.0 Å². The summed E-state index contributed by atoms with van der Waals surface area (Å²) in [4.78, 5) is 9.42. The van der Waals surface area contributed by atoms with Crippen LogP contribution < -0.4 is 5.32 Å². The predicted octanol–water partition coefficient (Wildman–Crippen LogP) is 4.06. The number of nitrogens with zero attached hydrogens (tertiary/aromatic N) is 2. The summed E-state index contributed by atoms with van der Waals surface area (Å²) in [7, 11) is 1.90. The molecular weight excluding hydrogens is 365 g/mol. The zero-order chi connectivity index (χ0) is 15.3. The van der Waals surface area contributed by atoms with Crippen molar-refractivity contribution in [1.82, 2.24) is 9.97 Å². The van der Waals surface area contributed by atoms with Crippen molar-refractivity contribution in [3.8, 4) is 0 Å². The standard InChI is InChI=1S/C15H26IN3O/c1-7-20-13(10(4)5)15-18-11(8-9(2)3)12(16)14(17-6)19-15/h9-10,13H,7-8H2,1-6H3,(H,17,18,19). The molecule has 0 aliphatic carbocycles. The molecule has 1 rings (SSSR count). The molecule has 0 aliphatic heterocycles. The monoisotopic (exact) mass is 391 g/mol. The van der Waals surface area contributed by atoms with Crippen LogP contribution in [-0.4, -0.2) is 23.6 Å². The fourth-order valence-electron chi connectivity index (χ4n) is 2.07. The van der Waals surface area contributed by atoms with Crippen LogP contribution in [0.3, 0.4) is 0 Å². The van der Waals surface area contributed by atoms with Gasteiger partial charge >= 0.3 is 0 Å². The molecule has 1 N–H and O–H groups in total. The van der Waals surface area contributed by atoms with E-state index in [4.69, 9.17) is 9.72 Å². The second kappa shape index (κ2) is 8.12. The molecule has 0 amide bonds. The molecule has 5 heteroatoms. The van der Waals surface area contributed by atoms with Crippen LogP contribution in [0.1, 0.15) is 52.2 Å². The SMILES string of the molecule is CCOC(c1nc(CC(C)C)c(I)c(NC)n1)C(C)C. The van der Waals surface area contributed by atoms with E-state index in [0.29, 0.717) is 18.4 Å². The summed E-state index contributed by atoms with van der Waals surface area (Å²) in [6.07, 6.45) is 0.911. The zero-order valence-electron chi connectivity index (χ0n) is 13.3. The highest BCUT2D eigenvalue weighted by molar-refractivity contribution is 14.1. The van der Waals surface area contributed by atoms with E-state index in [9.17, 15) is 0 Å². The molecule has 0 aromatic carbocycles. The number of hydrogen-bond donors (Lipinski definition) is 1. The van der Waals surface area contributed by atoms with Crippen molar-refractivity contribution >= 4 is 28.4 Å². The maximum atomic E-state index is 5.83. The van der Waals surface area contributed by atoms with Crippen molar-refractivity contribution in [3.63, 3.8) is 0 Å². The number of aromatic nitrogens is 2. The Morgan fingerprint density at radius 2 is 1.85 bits per heavy atom. The van der Waals surface area contributed by atoms with Crippen molar-refractivity contribution in [2.75, 3.05) is 19.0 Å². The molecule has 1 unspecified atom stereocenters. The zero-order valence-corrected chi connectivity index (χ0v) is 15.5. The molecule has 1 heterocycles. The lowest BCUT2D eigenvalue weighted by Crippen LogP contribution is -2.18. The molecule has 114 valence electrons. The first-order chi connectivity index (χ1) is 9.40. The third kappa shape index (κ3) is 4.55. The van der Waals surface area contributed by atoms with Gasteiger partial charge in [-0.2, -0.15) is 0 Å². The van der Waals surface area contributed by atoms with Gasteiger partial charge in [0, 0.05) is 13.7 Å². The third-order valence-corrected chi connectivity index (χ3v) is 4.12. The lowest BCUT2D eigenvalue weighted by Gasteiger charge is -2.21. The fraction of sp³-hybridized carbons (Fsp3) is 0.733. The van der Waals surface area contributed by atoms with E-state index >= 15 is 0 Å². The molecule has 0 radical (unpaired) electrons. The Morgan fingerprint density at radius 1 is 1.20 bits per heavy atom. The normalized spacial score (nSPS) is 13.1. The van der Waals surface area contributed by atoms with Crippen molar-refractivity contribution in [2.24, 2.45) is 11.8 Å². The second-order valence-electron chi connectivity index (χ2n) is 5.66. The minimum atomic E-state index is -0.0463. The summed E-state index contributed by atoms with van der Waals surface area (Å²) < 4.78 is 6.95. The number of ether oxygens (including phenoxy) is 1. The molecule has 0 saturated heterocycles. The number of nitrogens with one attached hydrogen (secondary N) is 1. The highest BCUT2D eigenvalue weighted by Crippen LogP contribution is 2.28. The lowest BCUT2D eigenvalue weighted by molar-refractivity contribution is 0.0231. The van der Waals surface area contributed by atoms with Crippen LogP contribution in [0.4, 0.5) is 5.82 Å². The van der Waals surface area contributed by atoms with Crippen molar-refractivity contribution in [1.29, 1.82) is 0 Å². The highest BCUT2D eigenvalue weighted by Gasteiger charge is 2.22. The molecule has 0 fully saturated rings. The van der Waals surface area contributed by atoms with Gasteiger partial charge in [0.25, 0.3) is 0 Å². The Balaban J connectivity index is 3.24. The van der Waals surface area contributed by atoms with E-state index in [1.165, 1.54) is 0 Å². The van der Waals surface area contributed by atoms with Gasteiger partial charge in [-0.25, -0.2) is 9.97 Å². The molecule has 0 aliphatic rings. The van der Waals surface area contributed by atoms with Crippen LogP contribution in [-0.2, 0) is 11.2 Å². The van der Waals surface area contributed by atoms with Gasteiger partial charge in [0.15, 0.2) is 5.82 Å². The van der Waals surface area contributed by atoms with Gasteiger partial charge in [0.1, 0.15) is 11.9 Å². The smallest absolute Gasteiger partial charge is 0.160 e. The summed E-state index contributed by atoms with van der Waals surface area (Å²) >= 11 is 2.32. The largest absolute Gasteiger partial charge is 0.372 e.